The van der Waals surface area contributed by atoms with Crippen molar-refractivity contribution in [1.29, 1.82) is 0 Å². The predicted octanol–water partition coefficient (Wildman–Crippen LogP) is 2.40. The topological polar surface area (TPSA) is 41.8 Å². The van der Waals surface area contributed by atoms with Crippen molar-refractivity contribution in [3.63, 3.8) is 0 Å². The summed E-state index contributed by atoms with van der Waals surface area (Å²) in [5, 5.41) is 11.9. The summed E-state index contributed by atoms with van der Waals surface area (Å²) in [4.78, 5) is 4.40. The zero-order chi connectivity index (χ0) is 12.5. The van der Waals surface area contributed by atoms with E-state index in [0.29, 0.717) is 6.54 Å². The third-order valence-corrected chi connectivity index (χ3v) is 3.23. The Morgan fingerprint density at radius 2 is 2.06 bits per heavy atom. The van der Waals surface area contributed by atoms with E-state index in [1.807, 2.05) is 31.2 Å². The van der Waals surface area contributed by atoms with Crippen molar-refractivity contribution in [1.82, 2.24) is 0 Å². The molecule has 18 heavy (non-hydrogen) atoms. The van der Waals surface area contributed by atoms with Crippen LogP contribution in [0.5, 0.6) is 5.75 Å². The number of hydrogen-bond donors (Lipinski definition) is 1. The first-order chi connectivity index (χ1) is 8.75. The van der Waals surface area contributed by atoms with Crippen LogP contribution in [0.15, 0.2) is 41.4 Å². The van der Waals surface area contributed by atoms with Crippen molar-refractivity contribution in [2.75, 3.05) is 13.2 Å². The minimum absolute atomic E-state index is 0.289. The lowest BCUT2D eigenvalue weighted by Crippen LogP contribution is -2.24. The van der Waals surface area contributed by atoms with Gasteiger partial charge >= 0.3 is 0 Å². The van der Waals surface area contributed by atoms with Crippen LogP contribution in [-0.2, 0) is 0 Å². The van der Waals surface area contributed by atoms with Gasteiger partial charge in [0.15, 0.2) is 0 Å². The number of aliphatic hydroxyl groups excluding tert-OH is 1. The highest BCUT2D eigenvalue weighted by molar-refractivity contribution is 6.06. The van der Waals surface area contributed by atoms with E-state index in [2.05, 4.69) is 17.1 Å². The molecule has 1 unspecified atom stereocenters. The van der Waals surface area contributed by atoms with E-state index >= 15 is 0 Å². The van der Waals surface area contributed by atoms with Crippen molar-refractivity contribution in [2.24, 2.45) is 4.99 Å². The van der Waals surface area contributed by atoms with Gasteiger partial charge in [-0.1, -0.05) is 30.3 Å². The number of ether oxygens (including phenoxy) is 1. The molecule has 1 atom stereocenters. The Morgan fingerprint density at radius 1 is 1.22 bits per heavy atom. The highest BCUT2D eigenvalue weighted by atomic mass is 16.5. The first kappa shape index (κ1) is 11.2. The molecule has 0 bridgehead atoms. The fraction of sp³-hybridized carbons (Fsp3) is 0.267. The molecular weight excluding hydrogens is 226 g/mol. The molecule has 3 heteroatoms. The van der Waals surface area contributed by atoms with Crippen molar-refractivity contribution in [2.45, 2.75) is 13.0 Å². The van der Waals surface area contributed by atoms with Crippen LogP contribution >= 0.6 is 0 Å². The van der Waals surface area contributed by atoms with Gasteiger partial charge in [0.1, 0.15) is 18.5 Å². The SMILES string of the molecule is CC1=NCC(O)COc2c1ccc1ccccc21. The second kappa shape index (κ2) is 4.42. The molecule has 0 saturated heterocycles. The number of aliphatic hydroxyl groups is 1. The van der Waals surface area contributed by atoms with E-state index < -0.39 is 6.10 Å². The minimum Gasteiger partial charge on any atom is -0.489 e. The zero-order valence-electron chi connectivity index (χ0n) is 10.3. The molecule has 92 valence electrons. The summed E-state index contributed by atoms with van der Waals surface area (Å²) in [5.41, 5.74) is 1.93. The van der Waals surface area contributed by atoms with Crippen LogP contribution < -0.4 is 4.74 Å². The monoisotopic (exact) mass is 241 g/mol. The van der Waals surface area contributed by atoms with Crippen molar-refractivity contribution < 1.29 is 9.84 Å². The molecule has 0 saturated carbocycles. The Labute approximate surface area is 106 Å². The number of nitrogens with zero attached hydrogens (tertiary/aromatic N) is 1. The summed E-state index contributed by atoms with van der Waals surface area (Å²) >= 11 is 0. The molecule has 0 aliphatic carbocycles. The molecular formula is C15H15NO2. The van der Waals surface area contributed by atoms with Gasteiger partial charge in [-0.25, -0.2) is 0 Å². The average Bonchev–Trinajstić information content (AvgIpc) is 2.40. The first-order valence-corrected chi connectivity index (χ1v) is 6.10. The lowest BCUT2D eigenvalue weighted by Gasteiger charge is -2.19. The highest BCUT2D eigenvalue weighted by Crippen LogP contribution is 2.31. The zero-order valence-corrected chi connectivity index (χ0v) is 10.3. The summed E-state index contributed by atoms with van der Waals surface area (Å²) in [6, 6.07) is 12.2. The van der Waals surface area contributed by atoms with Crippen molar-refractivity contribution >= 4 is 16.5 Å². The molecule has 0 fully saturated rings. The molecule has 1 N–H and O–H groups in total. The maximum atomic E-state index is 9.70. The fourth-order valence-electron chi connectivity index (χ4n) is 2.24. The number of aliphatic imine (C=N–C) groups is 1. The molecule has 0 spiro atoms. The third kappa shape index (κ3) is 1.87. The Morgan fingerprint density at radius 3 is 2.94 bits per heavy atom. The van der Waals surface area contributed by atoms with Crippen LogP contribution in [0.4, 0.5) is 0 Å². The summed E-state index contributed by atoms with van der Waals surface area (Å²) in [6.45, 7) is 2.64. The largest absolute Gasteiger partial charge is 0.489 e. The van der Waals surface area contributed by atoms with E-state index in [1.54, 1.807) is 0 Å². The Balaban J connectivity index is 2.25. The van der Waals surface area contributed by atoms with E-state index in [0.717, 1.165) is 27.8 Å². The quantitative estimate of drug-likeness (QED) is 0.769. The second-order valence-corrected chi connectivity index (χ2v) is 4.55. The molecule has 2 aromatic rings. The normalized spacial score (nSPS) is 19.4. The number of rotatable bonds is 0. The van der Waals surface area contributed by atoms with Crippen LogP contribution in [0, 0.1) is 0 Å². The van der Waals surface area contributed by atoms with Crippen molar-refractivity contribution in [3.05, 3.63) is 42.0 Å². The summed E-state index contributed by atoms with van der Waals surface area (Å²) < 4.78 is 5.79. The molecule has 2 aromatic carbocycles. The van der Waals surface area contributed by atoms with Crippen LogP contribution in [0.2, 0.25) is 0 Å². The lowest BCUT2D eigenvalue weighted by molar-refractivity contribution is 0.114. The summed E-state index contributed by atoms with van der Waals surface area (Å²) in [5.74, 6) is 0.827. The van der Waals surface area contributed by atoms with Crippen LogP contribution in [0.1, 0.15) is 12.5 Å². The van der Waals surface area contributed by atoms with Gasteiger partial charge in [0.05, 0.1) is 6.54 Å². The smallest absolute Gasteiger partial charge is 0.136 e. The molecule has 0 radical (unpaired) electrons. The standard InChI is InChI=1S/C15H15NO2/c1-10-13-7-6-11-4-2-3-5-14(11)15(13)18-9-12(17)8-16-10/h2-7,12,17H,8-9H2,1H3. The number of fused-ring (bicyclic) bond motifs is 3. The Kier molecular flexibility index (Phi) is 2.76. The number of hydrogen-bond acceptors (Lipinski definition) is 3. The molecule has 3 nitrogen and oxygen atoms in total. The molecule has 0 amide bonds. The first-order valence-electron chi connectivity index (χ1n) is 6.10. The van der Waals surface area contributed by atoms with E-state index in [4.69, 9.17) is 4.74 Å². The van der Waals surface area contributed by atoms with Gasteiger partial charge in [0.2, 0.25) is 0 Å². The molecule has 0 aromatic heterocycles. The maximum absolute atomic E-state index is 9.70. The van der Waals surface area contributed by atoms with Gasteiger partial charge in [-0.15, -0.1) is 0 Å². The molecule has 1 aliphatic heterocycles. The fourth-order valence-corrected chi connectivity index (χ4v) is 2.24. The Hall–Kier alpha value is -1.87. The van der Waals surface area contributed by atoms with Gasteiger partial charge in [-0.3, -0.25) is 4.99 Å². The van der Waals surface area contributed by atoms with Crippen LogP contribution in [0.25, 0.3) is 10.8 Å². The third-order valence-electron chi connectivity index (χ3n) is 3.23. The van der Waals surface area contributed by atoms with Crippen LogP contribution in [0.3, 0.4) is 0 Å². The van der Waals surface area contributed by atoms with Crippen molar-refractivity contribution in [3.8, 4) is 5.75 Å². The molecule has 1 heterocycles. The van der Waals surface area contributed by atoms with Gasteiger partial charge in [0.25, 0.3) is 0 Å². The summed E-state index contributed by atoms with van der Waals surface area (Å²) in [6.07, 6.45) is -0.535. The molecule has 3 rings (SSSR count). The predicted molar refractivity (Wildman–Crippen MR) is 72.5 cm³/mol. The molecule has 1 aliphatic rings. The van der Waals surface area contributed by atoms with Crippen LogP contribution in [-0.4, -0.2) is 30.1 Å². The average molecular weight is 241 g/mol. The number of benzene rings is 2. The lowest BCUT2D eigenvalue weighted by atomic mass is 10.0. The van der Waals surface area contributed by atoms with E-state index in [1.165, 1.54) is 0 Å². The Bertz CT molecular complexity index is 619. The van der Waals surface area contributed by atoms with Gasteiger partial charge in [-0.05, 0) is 18.4 Å². The summed E-state index contributed by atoms with van der Waals surface area (Å²) in [7, 11) is 0. The van der Waals surface area contributed by atoms with Gasteiger partial charge in [0, 0.05) is 16.7 Å². The highest BCUT2D eigenvalue weighted by Gasteiger charge is 2.16. The maximum Gasteiger partial charge on any atom is 0.136 e. The van der Waals surface area contributed by atoms with Gasteiger partial charge < -0.3 is 9.84 Å². The minimum atomic E-state index is -0.535. The van der Waals surface area contributed by atoms with Gasteiger partial charge in [-0.2, -0.15) is 0 Å². The van der Waals surface area contributed by atoms with E-state index in [9.17, 15) is 5.11 Å². The van der Waals surface area contributed by atoms with E-state index in [-0.39, 0.29) is 6.61 Å². The second-order valence-electron chi connectivity index (χ2n) is 4.55.